The highest BCUT2D eigenvalue weighted by atomic mass is 79.9. The molecule has 27 heavy (non-hydrogen) atoms. The Kier molecular flexibility index (Phi) is 5.19. The first-order chi connectivity index (χ1) is 13.1. The molecule has 3 heterocycles. The van der Waals surface area contributed by atoms with E-state index in [4.69, 9.17) is 4.42 Å². The maximum absolute atomic E-state index is 12.6. The number of hydrogen-bond acceptors (Lipinski definition) is 4. The van der Waals surface area contributed by atoms with Gasteiger partial charge in [0.15, 0.2) is 0 Å². The van der Waals surface area contributed by atoms with Gasteiger partial charge in [-0.2, -0.15) is 0 Å². The zero-order chi connectivity index (χ0) is 18.9. The van der Waals surface area contributed by atoms with Gasteiger partial charge in [0.2, 0.25) is 5.91 Å². The van der Waals surface area contributed by atoms with Crippen LogP contribution in [0.25, 0.3) is 0 Å². The molecule has 1 aromatic carbocycles. The average molecular weight is 450 g/mol. The topological polar surface area (TPSA) is 65.8 Å². The van der Waals surface area contributed by atoms with Crippen LogP contribution in [0.4, 0.5) is 10.5 Å². The molecular formula is C19H20BrN3O3S. The zero-order valence-electron chi connectivity index (χ0n) is 14.7. The van der Waals surface area contributed by atoms with Crippen molar-refractivity contribution < 1.29 is 14.0 Å². The van der Waals surface area contributed by atoms with E-state index in [1.165, 1.54) is 0 Å². The Labute approximate surface area is 170 Å². The molecule has 1 spiro atoms. The first-order valence-corrected chi connectivity index (χ1v) is 10.6. The van der Waals surface area contributed by atoms with Crippen molar-refractivity contribution in [3.8, 4) is 0 Å². The number of rotatable bonds is 3. The summed E-state index contributed by atoms with van der Waals surface area (Å²) in [4.78, 5) is 28.6. The van der Waals surface area contributed by atoms with E-state index in [1.807, 2.05) is 46.2 Å². The molecule has 4 rings (SSSR count). The third-order valence-electron chi connectivity index (χ3n) is 5.10. The minimum Gasteiger partial charge on any atom is -0.467 e. The van der Waals surface area contributed by atoms with Gasteiger partial charge in [-0.3, -0.25) is 4.79 Å². The number of piperidine rings is 1. The van der Waals surface area contributed by atoms with Crippen LogP contribution in [0.1, 0.15) is 18.6 Å². The Bertz CT molecular complexity index is 834. The molecule has 0 atom stereocenters. The van der Waals surface area contributed by atoms with Crippen LogP contribution in [0.5, 0.6) is 0 Å². The van der Waals surface area contributed by atoms with E-state index in [1.54, 1.807) is 18.0 Å². The van der Waals surface area contributed by atoms with E-state index < -0.39 is 0 Å². The lowest BCUT2D eigenvalue weighted by Crippen LogP contribution is -2.53. The molecule has 0 saturated carbocycles. The number of furan rings is 1. The predicted octanol–water partition coefficient (Wildman–Crippen LogP) is 4.14. The van der Waals surface area contributed by atoms with Crippen molar-refractivity contribution in [1.82, 2.24) is 9.80 Å². The number of halogens is 1. The predicted molar refractivity (Wildman–Crippen MR) is 108 cm³/mol. The fourth-order valence-electron chi connectivity index (χ4n) is 3.60. The van der Waals surface area contributed by atoms with E-state index in [9.17, 15) is 9.59 Å². The Morgan fingerprint density at radius 2 is 2.00 bits per heavy atom. The second-order valence-corrected chi connectivity index (χ2v) is 8.88. The van der Waals surface area contributed by atoms with Gasteiger partial charge >= 0.3 is 6.03 Å². The van der Waals surface area contributed by atoms with Crippen molar-refractivity contribution in [3.05, 3.63) is 52.9 Å². The van der Waals surface area contributed by atoms with Crippen molar-refractivity contribution in [2.45, 2.75) is 24.3 Å². The molecule has 0 unspecified atom stereocenters. The first kappa shape index (κ1) is 18.4. The molecule has 2 aromatic rings. The van der Waals surface area contributed by atoms with Crippen LogP contribution in [-0.2, 0) is 11.3 Å². The minimum absolute atomic E-state index is 0.108. The highest BCUT2D eigenvalue weighted by Gasteiger charge is 2.48. The Balaban J connectivity index is 1.40. The lowest BCUT2D eigenvalue weighted by atomic mass is 10.0. The van der Waals surface area contributed by atoms with Crippen LogP contribution in [0.15, 0.2) is 51.6 Å². The molecule has 0 radical (unpaired) electrons. The van der Waals surface area contributed by atoms with Crippen molar-refractivity contribution in [2.75, 3.05) is 24.2 Å². The van der Waals surface area contributed by atoms with Gasteiger partial charge in [0.1, 0.15) is 5.76 Å². The van der Waals surface area contributed by atoms with Crippen molar-refractivity contribution in [1.29, 1.82) is 0 Å². The number of likely N-dealkylation sites (tertiary alicyclic amines) is 1. The molecule has 142 valence electrons. The summed E-state index contributed by atoms with van der Waals surface area (Å²) in [7, 11) is 0. The number of nitrogens with one attached hydrogen (secondary N) is 1. The summed E-state index contributed by atoms with van der Waals surface area (Å²) in [5.74, 6) is 1.42. The molecule has 0 bridgehead atoms. The molecule has 1 N–H and O–H groups in total. The van der Waals surface area contributed by atoms with Gasteiger partial charge in [-0.05, 0) is 53.0 Å². The third-order valence-corrected chi connectivity index (χ3v) is 7.35. The maximum Gasteiger partial charge on any atom is 0.321 e. The lowest BCUT2D eigenvalue weighted by molar-refractivity contribution is -0.132. The maximum atomic E-state index is 12.6. The lowest BCUT2D eigenvalue weighted by Gasteiger charge is -2.43. The fraction of sp³-hybridized carbons (Fsp3) is 0.368. The SMILES string of the molecule is O=C(Nc1ccccc1Br)N1CCC2(CC1)SCC(=O)N2Cc1ccco1. The number of carbonyl (C=O) groups excluding carboxylic acids is 2. The second-order valence-electron chi connectivity index (χ2n) is 6.69. The van der Waals surface area contributed by atoms with Gasteiger partial charge in [0.25, 0.3) is 0 Å². The molecule has 2 aliphatic heterocycles. The standard InChI is InChI=1S/C19H20BrN3O3S/c20-15-5-1-2-6-16(15)21-18(25)22-9-7-19(8-10-22)23(17(24)13-27-19)12-14-4-3-11-26-14/h1-6,11H,7-10,12-13H2,(H,21,25). The first-order valence-electron chi connectivity index (χ1n) is 8.85. The smallest absolute Gasteiger partial charge is 0.321 e. The van der Waals surface area contributed by atoms with E-state index in [0.717, 1.165) is 28.8 Å². The van der Waals surface area contributed by atoms with E-state index in [2.05, 4.69) is 21.2 Å². The van der Waals surface area contributed by atoms with Gasteiger partial charge in [0, 0.05) is 17.6 Å². The van der Waals surface area contributed by atoms with Crippen molar-refractivity contribution >= 4 is 45.3 Å². The van der Waals surface area contributed by atoms with Gasteiger partial charge in [-0.1, -0.05) is 12.1 Å². The van der Waals surface area contributed by atoms with Crippen LogP contribution in [0.3, 0.4) is 0 Å². The van der Waals surface area contributed by atoms with Gasteiger partial charge in [-0.25, -0.2) is 4.79 Å². The number of hydrogen-bond donors (Lipinski definition) is 1. The number of para-hydroxylation sites is 1. The summed E-state index contributed by atoms with van der Waals surface area (Å²) >= 11 is 5.14. The van der Waals surface area contributed by atoms with Crippen LogP contribution >= 0.6 is 27.7 Å². The van der Waals surface area contributed by atoms with E-state index >= 15 is 0 Å². The monoisotopic (exact) mass is 449 g/mol. The van der Waals surface area contributed by atoms with Crippen molar-refractivity contribution in [2.24, 2.45) is 0 Å². The highest BCUT2D eigenvalue weighted by Crippen LogP contribution is 2.45. The molecule has 8 heteroatoms. The van der Waals surface area contributed by atoms with Gasteiger partial charge in [-0.15, -0.1) is 11.8 Å². The third kappa shape index (κ3) is 3.73. The summed E-state index contributed by atoms with van der Waals surface area (Å²) in [6, 6.07) is 11.2. The quantitative estimate of drug-likeness (QED) is 0.764. The number of benzene rings is 1. The normalized spacial score (nSPS) is 18.9. The number of urea groups is 1. The summed E-state index contributed by atoms with van der Waals surface area (Å²) in [6.07, 6.45) is 3.14. The van der Waals surface area contributed by atoms with Gasteiger partial charge in [0.05, 0.1) is 29.1 Å². The van der Waals surface area contributed by atoms with Crippen LogP contribution < -0.4 is 5.32 Å². The molecule has 2 fully saturated rings. The number of thioether (sulfide) groups is 1. The number of anilines is 1. The average Bonchev–Trinajstić information content (AvgIpc) is 3.29. The highest BCUT2D eigenvalue weighted by molar-refractivity contribution is 9.10. The molecule has 0 aliphatic carbocycles. The summed E-state index contributed by atoms with van der Waals surface area (Å²) in [6.45, 7) is 1.72. The van der Waals surface area contributed by atoms with Crippen LogP contribution in [-0.4, -0.2) is 45.5 Å². The Morgan fingerprint density at radius 1 is 1.22 bits per heavy atom. The largest absolute Gasteiger partial charge is 0.467 e. The zero-order valence-corrected chi connectivity index (χ0v) is 17.1. The molecule has 1 aromatic heterocycles. The number of carbonyl (C=O) groups is 2. The van der Waals surface area contributed by atoms with Crippen LogP contribution in [0, 0.1) is 0 Å². The fourth-order valence-corrected chi connectivity index (χ4v) is 5.33. The van der Waals surface area contributed by atoms with Crippen LogP contribution in [0.2, 0.25) is 0 Å². The van der Waals surface area contributed by atoms with E-state index in [0.29, 0.717) is 25.4 Å². The van der Waals surface area contributed by atoms with E-state index in [-0.39, 0.29) is 16.8 Å². The molecule has 6 nitrogen and oxygen atoms in total. The second kappa shape index (κ2) is 7.59. The summed E-state index contributed by atoms with van der Waals surface area (Å²) < 4.78 is 6.29. The number of amides is 3. The Hall–Kier alpha value is -1.93. The molecule has 2 aliphatic rings. The molecule has 2 saturated heterocycles. The summed E-state index contributed by atoms with van der Waals surface area (Å²) in [5, 5.41) is 2.95. The van der Waals surface area contributed by atoms with Crippen molar-refractivity contribution in [3.63, 3.8) is 0 Å². The minimum atomic E-state index is -0.242. The molecular weight excluding hydrogens is 430 g/mol. The molecule has 3 amide bonds. The Morgan fingerprint density at radius 3 is 2.70 bits per heavy atom. The van der Waals surface area contributed by atoms with Gasteiger partial charge < -0.3 is 19.5 Å². The number of nitrogens with zero attached hydrogens (tertiary/aromatic N) is 2. The summed E-state index contributed by atoms with van der Waals surface area (Å²) in [5.41, 5.74) is 0.757.